The molecule has 0 aliphatic heterocycles. The number of aryl methyl sites for hydroxylation is 1. The molecule has 0 aliphatic rings. The van der Waals surface area contributed by atoms with Gasteiger partial charge in [0.1, 0.15) is 0 Å². The zero-order valence-corrected chi connectivity index (χ0v) is 12.8. The Kier molecular flexibility index (Phi) is 6.52. The molecule has 3 atom stereocenters. The fourth-order valence-electron chi connectivity index (χ4n) is 1.90. The molecule has 112 valence electrons. The summed E-state index contributed by atoms with van der Waals surface area (Å²) in [7, 11) is 0. The van der Waals surface area contributed by atoms with Crippen LogP contribution in [0.25, 0.3) is 0 Å². The fourth-order valence-corrected chi connectivity index (χ4v) is 1.90. The number of aliphatic hydroxyl groups is 1. The van der Waals surface area contributed by atoms with Gasteiger partial charge in [0, 0.05) is 19.2 Å². The summed E-state index contributed by atoms with van der Waals surface area (Å²) >= 11 is 0. The molecule has 0 aliphatic carbocycles. The third kappa shape index (κ3) is 5.21. The third-order valence-corrected chi connectivity index (χ3v) is 3.68. The number of carbonyl (C=O) groups excluding carboxylic acids is 1. The van der Waals surface area contributed by atoms with Gasteiger partial charge in [-0.1, -0.05) is 43.7 Å². The minimum Gasteiger partial charge on any atom is -0.396 e. The Morgan fingerprint density at radius 2 is 2.00 bits per heavy atom. The van der Waals surface area contributed by atoms with E-state index in [1.807, 2.05) is 19.9 Å². The summed E-state index contributed by atoms with van der Waals surface area (Å²) in [5.41, 5.74) is 2.45. The molecule has 0 saturated heterocycles. The molecule has 0 heterocycles. The smallest absolute Gasteiger partial charge is 0.315 e. The van der Waals surface area contributed by atoms with Gasteiger partial charge < -0.3 is 15.7 Å². The lowest BCUT2D eigenvalue weighted by atomic mass is 9.99. The predicted octanol–water partition coefficient (Wildman–Crippen LogP) is 2.41. The van der Waals surface area contributed by atoms with E-state index in [1.165, 1.54) is 11.1 Å². The number of aliphatic hydroxyl groups excluding tert-OH is 1. The normalized spacial score (nSPS) is 15.2. The lowest BCUT2D eigenvalue weighted by Gasteiger charge is -2.20. The van der Waals surface area contributed by atoms with Crippen LogP contribution in [0.1, 0.15) is 37.8 Å². The predicted molar refractivity (Wildman–Crippen MR) is 81.8 cm³/mol. The van der Waals surface area contributed by atoms with Crippen molar-refractivity contribution >= 4 is 6.03 Å². The maximum atomic E-state index is 11.8. The van der Waals surface area contributed by atoms with E-state index in [0.29, 0.717) is 6.54 Å². The molecule has 1 aromatic carbocycles. The summed E-state index contributed by atoms with van der Waals surface area (Å²) in [5, 5.41) is 14.8. The van der Waals surface area contributed by atoms with Crippen molar-refractivity contribution in [3.8, 4) is 0 Å². The number of hydrogen-bond acceptors (Lipinski definition) is 2. The first-order valence-electron chi connectivity index (χ1n) is 7.15. The maximum absolute atomic E-state index is 11.8. The number of hydrogen-bond donors (Lipinski definition) is 3. The molecule has 3 unspecified atom stereocenters. The van der Waals surface area contributed by atoms with Crippen LogP contribution in [0.3, 0.4) is 0 Å². The van der Waals surface area contributed by atoms with Gasteiger partial charge in [0.05, 0.1) is 0 Å². The van der Waals surface area contributed by atoms with Gasteiger partial charge in [-0.15, -0.1) is 0 Å². The Labute approximate surface area is 121 Å². The minimum atomic E-state index is -0.183. The molecule has 0 aromatic heterocycles. The molecule has 0 bridgehead atoms. The average molecular weight is 278 g/mol. The number of amides is 2. The number of rotatable bonds is 6. The van der Waals surface area contributed by atoms with E-state index in [0.717, 1.165) is 0 Å². The number of urea groups is 1. The molecular weight excluding hydrogens is 252 g/mol. The van der Waals surface area contributed by atoms with Crippen LogP contribution in [0.2, 0.25) is 0 Å². The molecule has 0 fully saturated rings. The van der Waals surface area contributed by atoms with E-state index >= 15 is 0 Å². The highest BCUT2D eigenvalue weighted by Crippen LogP contribution is 2.15. The van der Waals surface area contributed by atoms with Crippen LogP contribution in [-0.4, -0.2) is 30.3 Å². The Balaban J connectivity index is 2.41. The Morgan fingerprint density at radius 1 is 1.30 bits per heavy atom. The molecular formula is C16H26N2O2. The van der Waals surface area contributed by atoms with Crippen molar-refractivity contribution in [2.24, 2.45) is 5.92 Å². The van der Waals surface area contributed by atoms with Gasteiger partial charge in [0.15, 0.2) is 0 Å². The zero-order chi connectivity index (χ0) is 15.1. The largest absolute Gasteiger partial charge is 0.396 e. The zero-order valence-electron chi connectivity index (χ0n) is 12.8. The van der Waals surface area contributed by atoms with Crippen LogP contribution < -0.4 is 10.6 Å². The van der Waals surface area contributed by atoms with E-state index in [-0.39, 0.29) is 30.5 Å². The lowest BCUT2D eigenvalue weighted by molar-refractivity contribution is 0.200. The first-order chi connectivity index (χ1) is 9.43. The van der Waals surface area contributed by atoms with Gasteiger partial charge in [0.2, 0.25) is 0 Å². The van der Waals surface area contributed by atoms with Crippen molar-refractivity contribution in [2.45, 2.75) is 39.7 Å². The van der Waals surface area contributed by atoms with Crippen molar-refractivity contribution in [3.63, 3.8) is 0 Å². The second-order valence-corrected chi connectivity index (χ2v) is 5.62. The van der Waals surface area contributed by atoms with Crippen molar-refractivity contribution in [1.29, 1.82) is 0 Å². The van der Waals surface area contributed by atoms with Gasteiger partial charge in [-0.25, -0.2) is 4.79 Å². The summed E-state index contributed by atoms with van der Waals surface area (Å²) in [4.78, 5) is 11.8. The van der Waals surface area contributed by atoms with Gasteiger partial charge in [-0.3, -0.25) is 0 Å². The number of benzene rings is 1. The molecule has 1 aromatic rings. The van der Waals surface area contributed by atoms with Crippen LogP contribution in [0.5, 0.6) is 0 Å². The van der Waals surface area contributed by atoms with E-state index in [2.05, 4.69) is 42.7 Å². The van der Waals surface area contributed by atoms with Crippen molar-refractivity contribution in [3.05, 3.63) is 35.4 Å². The van der Waals surface area contributed by atoms with E-state index in [4.69, 9.17) is 5.11 Å². The first kappa shape index (κ1) is 16.5. The standard InChI is InChI=1S/C16H26N2O2/c1-11-6-5-7-15(8-11)12(2)9-17-16(20)18-14(4)13(3)10-19/h5-8,12-14,19H,9-10H2,1-4H3,(H2,17,18,20). The highest BCUT2D eigenvalue weighted by molar-refractivity contribution is 5.74. The summed E-state index contributed by atoms with van der Waals surface area (Å²) in [6.45, 7) is 8.62. The van der Waals surface area contributed by atoms with Crippen LogP contribution in [0, 0.1) is 12.8 Å². The summed E-state index contributed by atoms with van der Waals surface area (Å²) < 4.78 is 0. The van der Waals surface area contributed by atoms with Gasteiger partial charge in [0.25, 0.3) is 0 Å². The van der Waals surface area contributed by atoms with Gasteiger partial charge >= 0.3 is 6.03 Å². The average Bonchev–Trinajstić information content (AvgIpc) is 2.43. The summed E-state index contributed by atoms with van der Waals surface area (Å²) in [6, 6.07) is 8.08. The Bertz CT molecular complexity index is 434. The molecule has 0 radical (unpaired) electrons. The van der Waals surface area contributed by atoms with Crippen LogP contribution >= 0.6 is 0 Å². The molecule has 2 amide bonds. The molecule has 4 heteroatoms. The van der Waals surface area contributed by atoms with Crippen molar-refractivity contribution in [2.75, 3.05) is 13.2 Å². The van der Waals surface area contributed by atoms with Crippen LogP contribution in [0.4, 0.5) is 4.79 Å². The van der Waals surface area contributed by atoms with Crippen molar-refractivity contribution < 1.29 is 9.90 Å². The lowest BCUT2D eigenvalue weighted by Crippen LogP contribution is -2.45. The highest BCUT2D eigenvalue weighted by Gasteiger charge is 2.14. The fraction of sp³-hybridized carbons (Fsp3) is 0.562. The second-order valence-electron chi connectivity index (χ2n) is 5.62. The van der Waals surface area contributed by atoms with E-state index in [9.17, 15) is 4.79 Å². The molecule has 1 rings (SSSR count). The molecule has 20 heavy (non-hydrogen) atoms. The molecule has 4 nitrogen and oxygen atoms in total. The number of carbonyl (C=O) groups is 1. The third-order valence-electron chi connectivity index (χ3n) is 3.68. The Hall–Kier alpha value is -1.55. The Morgan fingerprint density at radius 3 is 2.60 bits per heavy atom. The van der Waals surface area contributed by atoms with E-state index in [1.54, 1.807) is 0 Å². The highest BCUT2D eigenvalue weighted by atomic mass is 16.3. The van der Waals surface area contributed by atoms with E-state index < -0.39 is 0 Å². The summed E-state index contributed by atoms with van der Waals surface area (Å²) in [5.74, 6) is 0.321. The first-order valence-corrected chi connectivity index (χ1v) is 7.15. The van der Waals surface area contributed by atoms with Crippen LogP contribution in [-0.2, 0) is 0 Å². The minimum absolute atomic E-state index is 0.0470. The maximum Gasteiger partial charge on any atom is 0.315 e. The van der Waals surface area contributed by atoms with Gasteiger partial charge in [-0.2, -0.15) is 0 Å². The summed E-state index contributed by atoms with van der Waals surface area (Å²) in [6.07, 6.45) is 0. The second kappa shape index (κ2) is 7.90. The SMILES string of the molecule is Cc1cccc(C(C)CNC(=O)NC(C)C(C)CO)c1. The van der Waals surface area contributed by atoms with Gasteiger partial charge in [-0.05, 0) is 31.2 Å². The molecule has 0 saturated carbocycles. The monoisotopic (exact) mass is 278 g/mol. The quantitative estimate of drug-likeness (QED) is 0.748. The topological polar surface area (TPSA) is 61.4 Å². The molecule has 0 spiro atoms. The molecule has 3 N–H and O–H groups in total. The van der Waals surface area contributed by atoms with Crippen LogP contribution in [0.15, 0.2) is 24.3 Å². The van der Waals surface area contributed by atoms with Crippen molar-refractivity contribution in [1.82, 2.24) is 10.6 Å². The number of nitrogens with one attached hydrogen (secondary N) is 2.